The molecule has 3 nitrogen and oxygen atoms in total. The maximum absolute atomic E-state index is 12.8. The number of rotatable bonds is 5. The Hall–Kier alpha value is -4.28. The third-order valence-electron chi connectivity index (χ3n) is 6.60. The third kappa shape index (κ3) is 6.08. The summed E-state index contributed by atoms with van der Waals surface area (Å²) in [6.07, 6.45) is -4.41. The van der Waals surface area contributed by atoms with E-state index in [0.717, 1.165) is 23.3 Å². The zero-order valence-electron chi connectivity index (χ0n) is 23.1. The Morgan fingerprint density at radius 3 is 1.90 bits per heavy atom. The van der Waals surface area contributed by atoms with Crippen LogP contribution in [0.15, 0.2) is 84.9 Å². The molecule has 0 saturated heterocycles. The molecule has 0 unspecified atom stereocenters. The first kappa shape index (κ1) is 28.3. The summed E-state index contributed by atoms with van der Waals surface area (Å²) in [7, 11) is -0.238. The second-order valence-electron chi connectivity index (χ2n) is 10.3. The van der Waals surface area contributed by atoms with Crippen molar-refractivity contribution in [2.45, 2.75) is 39.5 Å². The van der Waals surface area contributed by atoms with Gasteiger partial charge in [0.2, 0.25) is 0 Å². The summed E-state index contributed by atoms with van der Waals surface area (Å²) in [5.74, 6) is 5.62. The van der Waals surface area contributed by atoms with E-state index >= 15 is 0 Å². The van der Waals surface area contributed by atoms with Crippen LogP contribution in [0.25, 0.3) is 25.1 Å². The SMILES string of the molecule is Cc1cc(-[s+]2c3ccccc3c3ccccc32)cc(C)c1OCC(=O)OC(C)(C)C#Cc1ccc(C(F)(F)F)cc1. The summed E-state index contributed by atoms with van der Waals surface area (Å²) in [5, 5.41) is 2.52. The van der Waals surface area contributed by atoms with E-state index in [1.54, 1.807) is 13.8 Å². The minimum atomic E-state index is -4.41. The number of carbonyl (C=O) groups excluding carboxylic acids is 1. The Balaban J connectivity index is 1.30. The van der Waals surface area contributed by atoms with E-state index in [-0.39, 0.29) is 17.1 Å². The highest BCUT2D eigenvalue weighted by Crippen LogP contribution is 2.49. The predicted octanol–water partition coefficient (Wildman–Crippen LogP) is 9.12. The van der Waals surface area contributed by atoms with Gasteiger partial charge in [-0.3, -0.25) is 0 Å². The van der Waals surface area contributed by atoms with E-state index in [0.29, 0.717) is 11.3 Å². The Kier molecular flexibility index (Phi) is 7.54. The number of hydrogen-bond acceptors (Lipinski definition) is 3. The first-order valence-corrected chi connectivity index (χ1v) is 14.2. The number of fused-ring (bicyclic) bond motifs is 3. The highest BCUT2D eigenvalue weighted by Gasteiger charge is 2.30. The molecule has 0 amide bonds. The molecular weight excluding hydrogens is 545 g/mol. The van der Waals surface area contributed by atoms with Crippen LogP contribution in [0, 0.1) is 25.7 Å². The number of ether oxygens (including phenoxy) is 2. The molecule has 0 aliphatic heterocycles. The summed E-state index contributed by atoms with van der Waals surface area (Å²) < 4.78 is 52.3. The van der Waals surface area contributed by atoms with E-state index < -0.39 is 23.3 Å². The van der Waals surface area contributed by atoms with Crippen LogP contribution in [-0.4, -0.2) is 18.2 Å². The summed E-state index contributed by atoms with van der Waals surface area (Å²) >= 11 is 0. The number of alkyl halides is 3. The lowest BCUT2D eigenvalue weighted by molar-refractivity contribution is -0.154. The number of hydrogen-bond donors (Lipinski definition) is 0. The van der Waals surface area contributed by atoms with Gasteiger partial charge in [0, 0.05) is 38.9 Å². The van der Waals surface area contributed by atoms with Crippen molar-refractivity contribution in [2.75, 3.05) is 6.61 Å². The van der Waals surface area contributed by atoms with Gasteiger partial charge in [0.1, 0.15) is 5.75 Å². The third-order valence-corrected chi connectivity index (χ3v) is 8.90. The van der Waals surface area contributed by atoms with Gasteiger partial charge in [0.25, 0.3) is 0 Å². The van der Waals surface area contributed by atoms with Crippen molar-refractivity contribution in [3.63, 3.8) is 0 Å². The van der Waals surface area contributed by atoms with Crippen molar-refractivity contribution in [1.29, 1.82) is 0 Å². The highest BCUT2D eigenvalue weighted by atomic mass is 32.2. The normalized spacial score (nSPS) is 11.8. The molecule has 0 N–H and O–H groups in total. The highest BCUT2D eigenvalue weighted by molar-refractivity contribution is 7.50. The van der Waals surface area contributed by atoms with Crippen LogP contribution in [-0.2, 0) is 15.7 Å². The Labute approximate surface area is 239 Å². The maximum Gasteiger partial charge on any atom is 0.416 e. The molecule has 7 heteroatoms. The molecule has 1 aromatic heterocycles. The number of halogens is 3. The zero-order chi connectivity index (χ0) is 29.4. The van der Waals surface area contributed by atoms with Gasteiger partial charge in [-0.2, -0.15) is 13.2 Å². The zero-order valence-corrected chi connectivity index (χ0v) is 23.9. The van der Waals surface area contributed by atoms with Gasteiger partial charge in [-0.05, 0) is 87.4 Å². The first-order valence-electron chi connectivity index (χ1n) is 13.0. The van der Waals surface area contributed by atoms with E-state index in [1.165, 1.54) is 37.2 Å². The Morgan fingerprint density at radius 1 is 0.829 bits per heavy atom. The lowest BCUT2D eigenvalue weighted by Gasteiger charge is -2.19. The summed E-state index contributed by atoms with van der Waals surface area (Å²) in [4.78, 5) is 13.8. The Bertz CT molecular complexity index is 1740. The number of benzene rings is 4. The smallest absolute Gasteiger partial charge is 0.416 e. The molecule has 0 atom stereocenters. The molecule has 0 bridgehead atoms. The van der Waals surface area contributed by atoms with E-state index in [1.807, 2.05) is 13.8 Å². The van der Waals surface area contributed by atoms with Crippen molar-refractivity contribution >= 4 is 36.6 Å². The molecule has 5 rings (SSSR count). The fraction of sp³-hybridized carbons (Fsp3) is 0.206. The van der Waals surface area contributed by atoms with E-state index in [2.05, 4.69) is 72.5 Å². The van der Waals surface area contributed by atoms with Crippen molar-refractivity contribution in [1.82, 2.24) is 0 Å². The van der Waals surface area contributed by atoms with E-state index in [4.69, 9.17) is 9.47 Å². The lowest BCUT2D eigenvalue weighted by Crippen LogP contribution is -2.29. The van der Waals surface area contributed by atoms with Crippen LogP contribution < -0.4 is 4.74 Å². The van der Waals surface area contributed by atoms with Gasteiger partial charge in [-0.1, -0.05) is 36.1 Å². The molecule has 5 aromatic rings. The minimum absolute atomic E-state index is 0.238. The van der Waals surface area contributed by atoms with Gasteiger partial charge < -0.3 is 9.47 Å². The average Bonchev–Trinajstić information content (AvgIpc) is 3.25. The van der Waals surface area contributed by atoms with Crippen molar-refractivity contribution in [2.24, 2.45) is 0 Å². The maximum atomic E-state index is 12.8. The molecular formula is C34H28F3O3S+. The number of esters is 1. The van der Waals surface area contributed by atoms with Crippen molar-refractivity contribution in [3.8, 4) is 22.5 Å². The summed E-state index contributed by atoms with van der Waals surface area (Å²) in [5.41, 5.74) is 0.314. The van der Waals surface area contributed by atoms with Gasteiger partial charge >= 0.3 is 12.1 Å². The second-order valence-corrected chi connectivity index (χ2v) is 12.2. The van der Waals surface area contributed by atoms with Crippen molar-refractivity contribution < 1.29 is 27.4 Å². The molecule has 4 aromatic carbocycles. The first-order chi connectivity index (χ1) is 19.4. The minimum Gasteiger partial charge on any atom is -0.481 e. The largest absolute Gasteiger partial charge is 0.481 e. The van der Waals surface area contributed by atoms with Gasteiger partial charge in [-0.15, -0.1) is 0 Å². The van der Waals surface area contributed by atoms with Crippen LogP contribution in [0.2, 0.25) is 0 Å². The molecule has 0 fully saturated rings. The molecule has 0 aliphatic rings. The topological polar surface area (TPSA) is 35.5 Å². The second kappa shape index (κ2) is 10.9. The number of thiophene rings is 1. The molecule has 0 aliphatic carbocycles. The van der Waals surface area contributed by atoms with E-state index in [9.17, 15) is 18.0 Å². The molecule has 0 radical (unpaired) electrons. The van der Waals surface area contributed by atoms with Gasteiger partial charge in [-0.25, -0.2) is 4.79 Å². The van der Waals surface area contributed by atoms with Crippen molar-refractivity contribution in [3.05, 3.63) is 107 Å². The molecule has 1 heterocycles. The van der Waals surface area contributed by atoms with Crippen LogP contribution >= 0.6 is 10.5 Å². The fourth-order valence-corrected chi connectivity index (χ4v) is 7.36. The number of aryl methyl sites for hydroxylation is 2. The van der Waals surface area contributed by atoms with Crippen LogP contribution in [0.5, 0.6) is 5.75 Å². The van der Waals surface area contributed by atoms with Crippen LogP contribution in [0.1, 0.15) is 36.1 Å². The number of carbonyl (C=O) groups is 1. The lowest BCUT2D eigenvalue weighted by atomic mass is 10.1. The standard InChI is InChI=1S/C34H28F3O3S/c1-22-19-26(41-29-11-7-5-9-27(29)28-10-6-8-12-30(28)41)20-23(2)32(22)39-21-31(38)40-33(3,4)18-17-24-13-15-25(16-14-24)34(35,36)37/h5-16,19-20H,21H2,1-4H3/q+1. The monoisotopic (exact) mass is 573 g/mol. The molecule has 41 heavy (non-hydrogen) atoms. The summed E-state index contributed by atoms with van der Waals surface area (Å²) in [6.45, 7) is 6.86. The molecule has 0 saturated carbocycles. The van der Waals surface area contributed by atoms with Crippen LogP contribution in [0.3, 0.4) is 0 Å². The quantitative estimate of drug-likeness (QED) is 0.120. The van der Waals surface area contributed by atoms with Gasteiger partial charge in [0.05, 0.1) is 5.56 Å². The predicted molar refractivity (Wildman–Crippen MR) is 159 cm³/mol. The molecule has 0 spiro atoms. The fourth-order valence-electron chi connectivity index (χ4n) is 4.80. The Morgan fingerprint density at radius 2 is 1.37 bits per heavy atom. The average molecular weight is 574 g/mol. The van der Waals surface area contributed by atoms with Gasteiger partial charge in [0.15, 0.2) is 26.5 Å². The van der Waals surface area contributed by atoms with Crippen LogP contribution in [0.4, 0.5) is 13.2 Å². The summed E-state index contributed by atoms with van der Waals surface area (Å²) in [6, 6.07) is 25.7. The molecule has 208 valence electrons.